The average molecular weight is 150 g/mol. The van der Waals surface area contributed by atoms with E-state index >= 15 is 0 Å². The third-order valence-electron chi connectivity index (χ3n) is 1.53. The maximum atomic E-state index is 10.9. The van der Waals surface area contributed by atoms with Crippen molar-refractivity contribution in [3.63, 3.8) is 0 Å². The lowest BCUT2D eigenvalue weighted by Gasteiger charge is -2.17. The van der Waals surface area contributed by atoms with Gasteiger partial charge in [-0.05, 0) is 13.3 Å². The van der Waals surface area contributed by atoms with Crippen molar-refractivity contribution in [2.45, 2.75) is 18.6 Å². The molecule has 1 aliphatic rings. The molecule has 1 atom stereocenters. The van der Waals surface area contributed by atoms with Gasteiger partial charge in [0.15, 0.2) is 9.84 Å². The van der Waals surface area contributed by atoms with Gasteiger partial charge in [0, 0.05) is 6.61 Å². The van der Waals surface area contributed by atoms with Crippen molar-refractivity contribution in [2.75, 3.05) is 12.5 Å². The Morgan fingerprint density at radius 3 is 2.56 bits per heavy atom. The molecule has 1 fully saturated rings. The molecule has 1 rings (SSSR count). The van der Waals surface area contributed by atoms with E-state index in [0.717, 1.165) is 0 Å². The van der Waals surface area contributed by atoms with Gasteiger partial charge in [0.1, 0.15) is 5.94 Å². The van der Waals surface area contributed by atoms with Crippen molar-refractivity contribution in [1.82, 2.24) is 0 Å². The summed E-state index contributed by atoms with van der Waals surface area (Å²) >= 11 is 0. The first-order valence-electron chi connectivity index (χ1n) is 2.92. The van der Waals surface area contributed by atoms with Crippen LogP contribution < -0.4 is 0 Å². The van der Waals surface area contributed by atoms with Crippen LogP contribution in [0.5, 0.6) is 0 Å². The van der Waals surface area contributed by atoms with Gasteiger partial charge >= 0.3 is 0 Å². The third-order valence-corrected chi connectivity index (χ3v) is 3.49. The van der Waals surface area contributed by atoms with Crippen LogP contribution in [0.3, 0.4) is 0 Å². The zero-order valence-electron chi connectivity index (χ0n) is 5.33. The highest BCUT2D eigenvalue weighted by molar-refractivity contribution is 7.91. The summed E-state index contributed by atoms with van der Waals surface area (Å²) in [6, 6.07) is 0. The van der Waals surface area contributed by atoms with Gasteiger partial charge < -0.3 is 4.74 Å². The van der Waals surface area contributed by atoms with Crippen LogP contribution in [0.1, 0.15) is 13.3 Å². The molecule has 0 aromatic heterocycles. The van der Waals surface area contributed by atoms with Crippen LogP contribution in [0.15, 0.2) is 0 Å². The van der Waals surface area contributed by atoms with Crippen LogP contribution in [0.25, 0.3) is 0 Å². The molecule has 1 unspecified atom stereocenters. The topological polar surface area (TPSA) is 43.4 Å². The van der Waals surface area contributed by atoms with Gasteiger partial charge in [0.25, 0.3) is 0 Å². The van der Waals surface area contributed by atoms with Crippen molar-refractivity contribution in [3.05, 3.63) is 0 Å². The quantitative estimate of drug-likeness (QED) is 0.494. The first-order valence-corrected chi connectivity index (χ1v) is 4.64. The van der Waals surface area contributed by atoms with E-state index < -0.39 is 9.84 Å². The monoisotopic (exact) mass is 150 g/mol. The molecule has 54 valence electrons. The molecule has 0 N–H and O–H groups in total. The van der Waals surface area contributed by atoms with Gasteiger partial charge in [-0.25, -0.2) is 8.42 Å². The van der Waals surface area contributed by atoms with E-state index in [4.69, 9.17) is 4.74 Å². The highest BCUT2D eigenvalue weighted by atomic mass is 32.2. The third kappa shape index (κ3) is 1.43. The maximum Gasteiger partial charge on any atom is 0.176 e. The Morgan fingerprint density at radius 1 is 1.56 bits per heavy atom. The number of sulfone groups is 1. The fourth-order valence-corrected chi connectivity index (χ4v) is 1.76. The molecule has 0 saturated carbocycles. The van der Waals surface area contributed by atoms with Crippen LogP contribution in [0.4, 0.5) is 0 Å². The molecule has 0 bridgehead atoms. The van der Waals surface area contributed by atoms with Crippen LogP contribution in [-0.4, -0.2) is 26.2 Å². The molecule has 0 amide bonds. The predicted molar refractivity (Wildman–Crippen MR) is 33.8 cm³/mol. The predicted octanol–water partition coefficient (Wildman–Crippen LogP) is 0.167. The van der Waals surface area contributed by atoms with Crippen LogP contribution in [-0.2, 0) is 14.6 Å². The lowest BCUT2D eigenvalue weighted by atomic mass is 10.3. The van der Waals surface area contributed by atoms with E-state index in [1.165, 1.54) is 0 Å². The minimum absolute atomic E-state index is 0.0891. The summed E-state index contributed by atoms with van der Waals surface area (Å²) in [5.41, 5.74) is 0. The number of rotatable bonds is 0. The fraction of sp³-hybridized carbons (Fsp3) is 1.00. The van der Waals surface area contributed by atoms with Crippen molar-refractivity contribution in [1.29, 1.82) is 0 Å². The zero-order chi connectivity index (χ0) is 6.91. The van der Waals surface area contributed by atoms with Crippen molar-refractivity contribution in [3.8, 4) is 0 Å². The maximum absolute atomic E-state index is 10.9. The lowest BCUT2D eigenvalue weighted by molar-refractivity contribution is 0.159. The summed E-state index contributed by atoms with van der Waals surface area (Å²) in [6.07, 6.45) is 0.641. The average Bonchev–Trinajstić information content (AvgIpc) is 1.77. The Labute approximate surface area is 54.9 Å². The second kappa shape index (κ2) is 2.27. The Balaban J connectivity index is 2.72. The summed E-state index contributed by atoms with van der Waals surface area (Å²) in [4.78, 5) is 0. The van der Waals surface area contributed by atoms with E-state index in [2.05, 4.69) is 0 Å². The summed E-state index contributed by atoms with van der Waals surface area (Å²) < 4.78 is 26.5. The summed E-state index contributed by atoms with van der Waals surface area (Å²) in [5.74, 6) is -0.0891. The summed E-state index contributed by atoms with van der Waals surface area (Å²) in [5, 5.41) is -0.203. The van der Waals surface area contributed by atoms with Gasteiger partial charge in [0.05, 0.1) is 5.25 Å². The molecular formula is C5H10O3S. The summed E-state index contributed by atoms with van der Waals surface area (Å²) in [6.45, 7) is 2.30. The molecule has 0 aromatic rings. The van der Waals surface area contributed by atoms with Gasteiger partial charge in [-0.1, -0.05) is 0 Å². The number of hydrogen-bond donors (Lipinski definition) is 0. The molecule has 1 aliphatic heterocycles. The fourth-order valence-electron chi connectivity index (χ4n) is 0.720. The van der Waals surface area contributed by atoms with Gasteiger partial charge in [-0.3, -0.25) is 0 Å². The molecule has 3 nitrogen and oxygen atoms in total. The molecule has 4 heteroatoms. The Bertz CT molecular complexity index is 182. The highest BCUT2D eigenvalue weighted by Crippen LogP contribution is 2.12. The van der Waals surface area contributed by atoms with Crippen molar-refractivity contribution >= 4 is 9.84 Å². The lowest BCUT2D eigenvalue weighted by Crippen LogP contribution is -2.29. The Kier molecular flexibility index (Phi) is 1.77. The van der Waals surface area contributed by atoms with E-state index in [1.807, 2.05) is 0 Å². The molecule has 0 aliphatic carbocycles. The van der Waals surface area contributed by atoms with Crippen molar-refractivity contribution in [2.24, 2.45) is 0 Å². The highest BCUT2D eigenvalue weighted by Gasteiger charge is 2.24. The molecule has 0 aromatic carbocycles. The van der Waals surface area contributed by atoms with Gasteiger partial charge in [-0.2, -0.15) is 0 Å². The number of ether oxygens (including phenoxy) is 1. The van der Waals surface area contributed by atoms with Crippen LogP contribution in [0.2, 0.25) is 0 Å². The minimum atomic E-state index is -2.88. The largest absolute Gasteiger partial charge is 0.366 e. The van der Waals surface area contributed by atoms with Gasteiger partial charge in [-0.15, -0.1) is 0 Å². The molecule has 0 spiro atoms. The minimum Gasteiger partial charge on any atom is -0.366 e. The normalized spacial score (nSPS) is 34.1. The van der Waals surface area contributed by atoms with Crippen LogP contribution in [0, 0.1) is 0 Å². The Hall–Kier alpha value is -0.0900. The van der Waals surface area contributed by atoms with Crippen LogP contribution >= 0.6 is 0 Å². The first kappa shape index (κ1) is 7.02. The number of hydrogen-bond acceptors (Lipinski definition) is 3. The van der Waals surface area contributed by atoms with Gasteiger partial charge in [0.2, 0.25) is 0 Å². The van der Waals surface area contributed by atoms with Crippen molar-refractivity contribution < 1.29 is 13.2 Å². The first-order chi connectivity index (χ1) is 4.13. The second-order valence-corrected chi connectivity index (χ2v) is 4.65. The van der Waals surface area contributed by atoms with E-state index in [0.29, 0.717) is 13.0 Å². The zero-order valence-corrected chi connectivity index (χ0v) is 6.15. The smallest absolute Gasteiger partial charge is 0.176 e. The second-order valence-electron chi connectivity index (χ2n) is 2.29. The molecular weight excluding hydrogens is 140 g/mol. The Morgan fingerprint density at radius 2 is 2.22 bits per heavy atom. The molecule has 9 heavy (non-hydrogen) atoms. The summed E-state index contributed by atoms with van der Waals surface area (Å²) in [7, 11) is -2.88. The molecule has 0 radical (unpaired) electrons. The van der Waals surface area contributed by atoms with E-state index in [1.54, 1.807) is 6.92 Å². The SMILES string of the molecule is CC1CCOCS1(=O)=O. The standard InChI is InChI=1S/C5H10O3S/c1-5-2-3-8-4-9(5,6)7/h5H,2-4H2,1H3. The molecule has 1 saturated heterocycles. The van der Waals surface area contributed by atoms with E-state index in [-0.39, 0.29) is 11.2 Å². The molecule has 1 heterocycles. The van der Waals surface area contributed by atoms with E-state index in [9.17, 15) is 8.42 Å².